The van der Waals surface area contributed by atoms with E-state index in [0.717, 1.165) is 47.3 Å². The number of anilines is 2. The van der Waals surface area contributed by atoms with Crippen molar-refractivity contribution >= 4 is 48.3 Å². The number of carbonyl (C=O) groups excluding carboxylic acids is 1. The molecule has 2 N–H and O–H groups in total. The number of ether oxygens (including phenoxy) is 1. The zero-order chi connectivity index (χ0) is 27.4. The summed E-state index contributed by atoms with van der Waals surface area (Å²) in [5.74, 6) is 0.473. The topological polar surface area (TPSA) is 104 Å². The molecule has 1 fully saturated rings. The number of hydrogen-bond donors (Lipinski definition) is 2. The summed E-state index contributed by atoms with van der Waals surface area (Å²) in [6.45, 7) is 6.65. The van der Waals surface area contributed by atoms with Crippen LogP contribution < -0.4 is 19.7 Å². The quantitative estimate of drug-likeness (QED) is 0.317. The van der Waals surface area contributed by atoms with Gasteiger partial charge in [-0.3, -0.25) is 14.4 Å². The molecular formula is C28H31N5O4S2. The van der Waals surface area contributed by atoms with E-state index < -0.39 is 10.0 Å². The van der Waals surface area contributed by atoms with E-state index >= 15 is 0 Å². The lowest BCUT2D eigenvalue weighted by molar-refractivity contribution is 0.0948. The van der Waals surface area contributed by atoms with Crippen LogP contribution in [0.25, 0.3) is 10.2 Å². The summed E-state index contributed by atoms with van der Waals surface area (Å²) in [6.07, 6.45) is 0. The summed E-state index contributed by atoms with van der Waals surface area (Å²) in [4.78, 5) is 22.5. The van der Waals surface area contributed by atoms with Gasteiger partial charge in [0.05, 0.1) is 28.0 Å². The molecule has 39 heavy (non-hydrogen) atoms. The van der Waals surface area contributed by atoms with Crippen molar-refractivity contribution < 1.29 is 17.9 Å². The standard InChI is InChI=1S/C28H31N5O4S2/c1-20-12-13-24(37-2)25-26(20)38-28(30-25)33-18-16-32(17-19-33)15-14-29-27(34)22-10-6-7-11-23(22)31-39(35,36)21-8-4-3-5-9-21/h3-13,31H,14-19H2,1-2H3,(H,29,34). The third-order valence-corrected chi connectivity index (χ3v) is 9.37. The molecule has 0 bridgehead atoms. The Labute approximate surface area is 232 Å². The molecule has 1 saturated heterocycles. The summed E-state index contributed by atoms with van der Waals surface area (Å²) in [7, 11) is -2.14. The summed E-state index contributed by atoms with van der Waals surface area (Å²) < 4.78 is 34.7. The van der Waals surface area contributed by atoms with Gasteiger partial charge in [-0.25, -0.2) is 13.4 Å². The molecule has 5 rings (SSSR count). The Morgan fingerprint density at radius 3 is 2.46 bits per heavy atom. The summed E-state index contributed by atoms with van der Waals surface area (Å²) in [5.41, 5.74) is 2.63. The lowest BCUT2D eigenvalue weighted by Crippen LogP contribution is -2.48. The Kier molecular flexibility index (Phi) is 8.01. The zero-order valence-electron chi connectivity index (χ0n) is 21.9. The van der Waals surface area contributed by atoms with Crippen molar-refractivity contribution in [3.05, 3.63) is 77.9 Å². The molecule has 0 unspecified atom stereocenters. The predicted octanol–water partition coefficient (Wildman–Crippen LogP) is 3.97. The van der Waals surface area contributed by atoms with E-state index in [4.69, 9.17) is 9.72 Å². The van der Waals surface area contributed by atoms with Gasteiger partial charge in [-0.1, -0.05) is 47.7 Å². The second-order valence-corrected chi connectivity index (χ2v) is 12.0. The minimum Gasteiger partial charge on any atom is -0.494 e. The lowest BCUT2D eigenvalue weighted by Gasteiger charge is -2.34. The van der Waals surface area contributed by atoms with Gasteiger partial charge >= 0.3 is 0 Å². The van der Waals surface area contributed by atoms with Gasteiger partial charge in [0, 0.05) is 39.3 Å². The second-order valence-electron chi connectivity index (χ2n) is 9.31. The van der Waals surface area contributed by atoms with E-state index in [0.29, 0.717) is 13.1 Å². The Balaban J connectivity index is 1.15. The Morgan fingerprint density at radius 1 is 1.00 bits per heavy atom. The van der Waals surface area contributed by atoms with Crippen LogP contribution in [0.15, 0.2) is 71.6 Å². The summed E-state index contributed by atoms with van der Waals surface area (Å²) in [6, 6.07) is 18.7. The SMILES string of the molecule is COc1ccc(C)c2sc(N3CCN(CCNC(=O)c4ccccc4NS(=O)(=O)c4ccccc4)CC3)nc12. The number of rotatable bonds is 9. The van der Waals surface area contributed by atoms with Gasteiger partial charge in [0.2, 0.25) is 0 Å². The number of methoxy groups -OCH3 is 1. The van der Waals surface area contributed by atoms with E-state index in [-0.39, 0.29) is 22.1 Å². The molecule has 2 heterocycles. The van der Waals surface area contributed by atoms with Crippen molar-refractivity contribution in [3.8, 4) is 5.75 Å². The molecule has 204 valence electrons. The van der Waals surface area contributed by atoms with Crippen molar-refractivity contribution in [1.29, 1.82) is 0 Å². The highest BCUT2D eigenvalue weighted by molar-refractivity contribution is 7.92. The van der Waals surface area contributed by atoms with Gasteiger partial charge in [0.15, 0.2) is 5.13 Å². The van der Waals surface area contributed by atoms with Crippen molar-refractivity contribution in [2.24, 2.45) is 0 Å². The molecule has 1 aliphatic heterocycles. The van der Waals surface area contributed by atoms with Crippen molar-refractivity contribution in [2.45, 2.75) is 11.8 Å². The molecule has 4 aromatic rings. The van der Waals surface area contributed by atoms with E-state index in [1.807, 2.05) is 6.07 Å². The second kappa shape index (κ2) is 11.6. The number of thiazole rings is 1. The molecule has 0 aliphatic carbocycles. The van der Waals surface area contributed by atoms with Crippen molar-refractivity contribution in [1.82, 2.24) is 15.2 Å². The van der Waals surface area contributed by atoms with Gasteiger partial charge in [-0.05, 0) is 42.8 Å². The monoisotopic (exact) mass is 565 g/mol. The predicted molar refractivity (Wildman–Crippen MR) is 156 cm³/mol. The molecule has 3 aromatic carbocycles. The molecule has 1 aliphatic rings. The van der Waals surface area contributed by atoms with Crippen LogP contribution in [0.2, 0.25) is 0 Å². The van der Waals surface area contributed by atoms with Crippen LogP contribution in [-0.4, -0.2) is 70.6 Å². The van der Waals surface area contributed by atoms with Gasteiger partial charge in [0.25, 0.3) is 15.9 Å². The number of sulfonamides is 1. The number of nitrogens with one attached hydrogen (secondary N) is 2. The van der Waals surface area contributed by atoms with Gasteiger partial charge in [-0.15, -0.1) is 0 Å². The molecule has 11 heteroatoms. The molecule has 1 amide bonds. The maximum absolute atomic E-state index is 12.9. The summed E-state index contributed by atoms with van der Waals surface area (Å²) in [5, 5.41) is 3.94. The largest absolute Gasteiger partial charge is 0.494 e. The van der Waals surface area contributed by atoms with Crippen LogP contribution in [0.1, 0.15) is 15.9 Å². The van der Waals surface area contributed by atoms with E-state index in [2.05, 4.69) is 32.8 Å². The number of hydrogen-bond acceptors (Lipinski definition) is 8. The highest BCUT2D eigenvalue weighted by Crippen LogP contribution is 2.36. The molecule has 1 aromatic heterocycles. The van der Waals surface area contributed by atoms with Crippen LogP contribution in [0.3, 0.4) is 0 Å². The van der Waals surface area contributed by atoms with E-state index in [1.54, 1.807) is 60.9 Å². The molecule has 0 saturated carbocycles. The zero-order valence-corrected chi connectivity index (χ0v) is 23.5. The average Bonchev–Trinajstić information content (AvgIpc) is 3.41. The molecule has 0 atom stereocenters. The first-order chi connectivity index (χ1) is 18.9. The number of fused-ring (bicyclic) bond motifs is 1. The number of aromatic nitrogens is 1. The normalized spacial score (nSPS) is 14.4. The van der Waals surface area contributed by atoms with Crippen LogP contribution in [-0.2, 0) is 10.0 Å². The third kappa shape index (κ3) is 6.00. The van der Waals surface area contributed by atoms with Gasteiger partial charge < -0.3 is 15.0 Å². The number of piperazine rings is 1. The maximum atomic E-state index is 12.9. The number of carbonyl (C=O) groups is 1. The fourth-order valence-corrected chi connectivity index (χ4v) is 6.76. The molecule has 0 spiro atoms. The van der Waals surface area contributed by atoms with Crippen molar-refractivity contribution in [2.75, 3.05) is 56.0 Å². The number of para-hydroxylation sites is 1. The third-order valence-electron chi connectivity index (χ3n) is 6.74. The van der Waals surface area contributed by atoms with Crippen molar-refractivity contribution in [3.63, 3.8) is 0 Å². The minimum atomic E-state index is -3.80. The number of aryl methyl sites for hydroxylation is 1. The van der Waals surface area contributed by atoms with E-state index in [1.165, 1.54) is 17.7 Å². The van der Waals surface area contributed by atoms with Crippen LogP contribution in [0.4, 0.5) is 10.8 Å². The molecular weight excluding hydrogens is 534 g/mol. The van der Waals surface area contributed by atoms with Gasteiger partial charge in [0.1, 0.15) is 11.3 Å². The van der Waals surface area contributed by atoms with Gasteiger partial charge in [-0.2, -0.15) is 0 Å². The molecule has 0 radical (unpaired) electrons. The fourth-order valence-electron chi connectivity index (χ4n) is 4.56. The highest BCUT2D eigenvalue weighted by Gasteiger charge is 2.22. The first kappa shape index (κ1) is 26.9. The van der Waals surface area contributed by atoms with Crippen LogP contribution >= 0.6 is 11.3 Å². The summed E-state index contributed by atoms with van der Waals surface area (Å²) >= 11 is 1.69. The fraction of sp³-hybridized carbons (Fsp3) is 0.286. The Morgan fingerprint density at radius 2 is 1.72 bits per heavy atom. The van der Waals surface area contributed by atoms with E-state index in [9.17, 15) is 13.2 Å². The molecule has 9 nitrogen and oxygen atoms in total. The number of amides is 1. The lowest BCUT2D eigenvalue weighted by atomic mass is 10.1. The first-order valence-corrected chi connectivity index (χ1v) is 15.0. The smallest absolute Gasteiger partial charge is 0.261 e. The van der Waals surface area contributed by atoms with Crippen LogP contribution in [0, 0.1) is 6.92 Å². The first-order valence-electron chi connectivity index (χ1n) is 12.7. The minimum absolute atomic E-state index is 0.138. The Bertz CT molecular complexity index is 1570. The number of nitrogens with zero attached hydrogens (tertiary/aromatic N) is 3. The maximum Gasteiger partial charge on any atom is 0.261 e. The highest BCUT2D eigenvalue weighted by atomic mass is 32.2. The number of benzene rings is 3. The van der Waals surface area contributed by atoms with Crippen LogP contribution in [0.5, 0.6) is 5.75 Å². The average molecular weight is 566 g/mol. The Hall–Kier alpha value is -3.67.